The molecule has 32 heavy (non-hydrogen) atoms. The van der Waals surface area contributed by atoms with E-state index in [4.69, 9.17) is 21.1 Å². The van der Waals surface area contributed by atoms with Crippen LogP contribution in [-0.4, -0.2) is 12.6 Å². The molecule has 0 spiro atoms. The van der Waals surface area contributed by atoms with E-state index >= 15 is 0 Å². The fourth-order valence-electron chi connectivity index (χ4n) is 7.75. The Labute approximate surface area is 205 Å². The van der Waals surface area contributed by atoms with Gasteiger partial charge in [-0.15, -0.1) is 0 Å². The fourth-order valence-corrected chi connectivity index (χ4v) is 8.39. The van der Waals surface area contributed by atoms with Gasteiger partial charge in [0.15, 0.2) is 11.5 Å². The molecule has 5 heteroatoms. The number of ether oxygens (including phenoxy) is 2. The van der Waals surface area contributed by atoms with Crippen LogP contribution >= 0.6 is 27.5 Å². The van der Waals surface area contributed by atoms with Crippen molar-refractivity contribution in [3.05, 3.63) is 57.0 Å². The highest BCUT2D eigenvalue weighted by Gasteiger charge is 2.59. The van der Waals surface area contributed by atoms with Crippen LogP contribution in [0.2, 0.25) is 5.02 Å². The van der Waals surface area contributed by atoms with Crippen LogP contribution < -0.4 is 14.8 Å². The molecule has 172 valence electrons. The van der Waals surface area contributed by atoms with Crippen molar-refractivity contribution in [2.24, 2.45) is 16.7 Å². The second-order valence-corrected chi connectivity index (χ2v) is 12.5. The number of hydrogen-bond acceptors (Lipinski definition) is 3. The lowest BCUT2D eigenvalue weighted by atomic mass is 9.43. The second-order valence-electron chi connectivity index (χ2n) is 11.2. The molecule has 4 fully saturated rings. The number of nitrogens with one attached hydrogen (secondary N) is 1. The van der Waals surface area contributed by atoms with Gasteiger partial charge < -0.3 is 14.8 Å². The third-order valence-corrected chi connectivity index (χ3v) is 9.10. The first-order valence-corrected chi connectivity index (χ1v) is 12.9. The van der Waals surface area contributed by atoms with Gasteiger partial charge in [0.2, 0.25) is 0 Å². The minimum atomic E-state index is 0.228. The first-order valence-electron chi connectivity index (χ1n) is 11.7. The third kappa shape index (κ3) is 4.19. The van der Waals surface area contributed by atoms with Crippen molar-refractivity contribution in [2.75, 3.05) is 7.11 Å². The minimum Gasteiger partial charge on any atom is -0.493 e. The Morgan fingerprint density at radius 1 is 1.03 bits per heavy atom. The molecule has 2 aromatic rings. The number of halogens is 2. The zero-order valence-corrected chi connectivity index (χ0v) is 21.6. The van der Waals surface area contributed by atoms with E-state index in [0.717, 1.165) is 44.6 Å². The summed E-state index contributed by atoms with van der Waals surface area (Å²) in [6, 6.07) is 11.8. The molecule has 4 aliphatic rings. The van der Waals surface area contributed by atoms with Gasteiger partial charge in [0.25, 0.3) is 0 Å². The number of methoxy groups -OCH3 is 1. The third-order valence-electron chi connectivity index (χ3n) is 7.98. The Bertz CT molecular complexity index is 1010. The molecule has 4 bridgehead atoms. The van der Waals surface area contributed by atoms with E-state index in [1.807, 2.05) is 30.3 Å². The number of benzene rings is 2. The van der Waals surface area contributed by atoms with Gasteiger partial charge in [-0.3, -0.25) is 0 Å². The summed E-state index contributed by atoms with van der Waals surface area (Å²) in [6.07, 6.45) is 8.06. The van der Waals surface area contributed by atoms with Gasteiger partial charge in [-0.05, 0) is 73.5 Å². The molecule has 0 radical (unpaired) electrons. The molecule has 0 aliphatic heterocycles. The summed E-state index contributed by atoms with van der Waals surface area (Å²) < 4.78 is 13.1. The first kappa shape index (κ1) is 22.6. The van der Waals surface area contributed by atoms with Crippen molar-refractivity contribution in [1.29, 1.82) is 0 Å². The largest absolute Gasteiger partial charge is 0.493 e. The van der Waals surface area contributed by atoms with Crippen molar-refractivity contribution < 1.29 is 9.47 Å². The maximum atomic E-state index is 6.37. The van der Waals surface area contributed by atoms with Crippen molar-refractivity contribution >= 4 is 27.5 Å². The summed E-state index contributed by atoms with van der Waals surface area (Å²) in [5, 5.41) is 4.76. The van der Waals surface area contributed by atoms with Crippen molar-refractivity contribution in [1.82, 2.24) is 5.32 Å². The van der Waals surface area contributed by atoms with Crippen LogP contribution in [0.4, 0.5) is 0 Å². The SMILES string of the molecule is COc1ccc(Br)c(CNC23CC4CC(C)(CC(C)(C4)C2)C3)c1OCc1ccccc1Cl. The smallest absolute Gasteiger partial charge is 0.167 e. The van der Waals surface area contributed by atoms with Gasteiger partial charge in [0.1, 0.15) is 6.61 Å². The summed E-state index contributed by atoms with van der Waals surface area (Å²) >= 11 is 10.1. The lowest BCUT2D eigenvalue weighted by Crippen LogP contribution is -2.63. The lowest BCUT2D eigenvalue weighted by molar-refractivity contribution is -0.118. The number of rotatable bonds is 7. The van der Waals surface area contributed by atoms with Gasteiger partial charge >= 0.3 is 0 Å². The van der Waals surface area contributed by atoms with Gasteiger partial charge in [-0.2, -0.15) is 0 Å². The maximum Gasteiger partial charge on any atom is 0.167 e. The van der Waals surface area contributed by atoms with Crippen molar-refractivity contribution in [3.8, 4) is 11.5 Å². The van der Waals surface area contributed by atoms with E-state index in [1.54, 1.807) is 7.11 Å². The van der Waals surface area contributed by atoms with Crippen LogP contribution in [-0.2, 0) is 13.2 Å². The standard InChI is InChI=1S/C27H33BrClNO2/c1-25-10-18-11-26(2,15-25)17-27(12-18,16-25)30-13-20-21(28)8-9-23(31-3)24(20)32-14-19-6-4-5-7-22(19)29/h4-9,18,30H,10-17H2,1-3H3. The molecule has 0 heterocycles. The minimum absolute atomic E-state index is 0.228. The van der Waals surface area contributed by atoms with E-state index in [-0.39, 0.29) is 5.54 Å². The molecule has 6 rings (SSSR count). The maximum absolute atomic E-state index is 6.37. The molecule has 4 aliphatic carbocycles. The second kappa shape index (κ2) is 8.21. The van der Waals surface area contributed by atoms with Crippen molar-refractivity contribution in [2.45, 2.75) is 71.1 Å². The molecule has 1 N–H and O–H groups in total. The van der Waals surface area contributed by atoms with E-state index in [2.05, 4.69) is 41.2 Å². The first-order chi connectivity index (χ1) is 15.2. The molecule has 0 aromatic heterocycles. The molecule has 2 aromatic carbocycles. The molecule has 0 saturated heterocycles. The van der Waals surface area contributed by atoms with Gasteiger partial charge in [-0.25, -0.2) is 0 Å². The quantitative estimate of drug-likeness (QED) is 0.411. The number of hydrogen-bond donors (Lipinski definition) is 1. The summed E-state index contributed by atoms with van der Waals surface area (Å²) in [5.74, 6) is 2.40. The van der Waals surface area contributed by atoms with Crippen LogP contribution in [0.25, 0.3) is 0 Å². The van der Waals surface area contributed by atoms with Gasteiger partial charge in [0, 0.05) is 32.7 Å². The van der Waals surface area contributed by atoms with Crippen LogP contribution in [0.3, 0.4) is 0 Å². The zero-order valence-electron chi connectivity index (χ0n) is 19.3. The summed E-state index contributed by atoms with van der Waals surface area (Å²) in [6.45, 7) is 6.20. The Kier molecular flexibility index (Phi) is 5.79. The average molecular weight is 519 g/mol. The van der Waals surface area contributed by atoms with E-state index in [9.17, 15) is 0 Å². The highest BCUT2D eigenvalue weighted by atomic mass is 79.9. The molecule has 3 nitrogen and oxygen atoms in total. The Balaban J connectivity index is 1.40. The fraction of sp³-hybridized carbons (Fsp3) is 0.556. The van der Waals surface area contributed by atoms with Crippen LogP contribution in [0.5, 0.6) is 11.5 Å². The summed E-state index contributed by atoms with van der Waals surface area (Å²) in [4.78, 5) is 0. The van der Waals surface area contributed by atoms with E-state index in [1.165, 1.54) is 38.5 Å². The van der Waals surface area contributed by atoms with E-state index in [0.29, 0.717) is 17.4 Å². The average Bonchev–Trinajstić information content (AvgIpc) is 2.70. The monoisotopic (exact) mass is 517 g/mol. The van der Waals surface area contributed by atoms with Gasteiger partial charge in [0.05, 0.1) is 7.11 Å². The lowest BCUT2D eigenvalue weighted by Gasteiger charge is -2.65. The Hall–Kier alpha value is -1.23. The molecule has 2 unspecified atom stereocenters. The molecular weight excluding hydrogens is 486 g/mol. The van der Waals surface area contributed by atoms with Crippen LogP contribution in [0.15, 0.2) is 40.9 Å². The van der Waals surface area contributed by atoms with E-state index < -0.39 is 0 Å². The zero-order chi connectivity index (χ0) is 22.6. The molecular formula is C27H33BrClNO2. The topological polar surface area (TPSA) is 30.5 Å². The van der Waals surface area contributed by atoms with Crippen LogP contribution in [0, 0.1) is 16.7 Å². The molecule has 4 saturated carbocycles. The highest BCUT2D eigenvalue weighted by Crippen LogP contribution is 2.66. The normalized spacial score (nSPS) is 32.8. The predicted octanol–water partition coefficient (Wildman–Crippen LogP) is 7.53. The van der Waals surface area contributed by atoms with Crippen molar-refractivity contribution in [3.63, 3.8) is 0 Å². The summed E-state index contributed by atoms with van der Waals surface area (Å²) in [5.41, 5.74) is 3.28. The molecule has 2 atom stereocenters. The molecule has 0 amide bonds. The van der Waals surface area contributed by atoms with Crippen LogP contribution in [0.1, 0.15) is 63.5 Å². The Morgan fingerprint density at radius 2 is 1.75 bits per heavy atom. The Morgan fingerprint density at radius 3 is 2.41 bits per heavy atom. The predicted molar refractivity (Wildman–Crippen MR) is 133 cm³/mol. The highest BCUT2D eigenvalue weighted by molar-refractivity contribution is 9.10. The van der Waals surface area contributed by atoms with Gasteiger partial charge in [-0.1, -0.05) is 59.6 Å². The summed E-state index contributed by atoms with van der Waals surface area (Å²) in [7, 11) is 1.70.